The van der Waals surface area contributed by atoms with Crippen LogP contribution >= 0.6 is 11.3 Å². The van der Waals surface area contributed by atoms with Crippen molar-refractivity contribution in [1.29, 1.82) is 0 Å². The second kappa shape index (κ2) is 6.86. The molecule has 24 heavy (non-hydrogen) atoms. The first kappa shape index (κ1) is 15.5. The second-order valence-electron chi connectivity index (χ2n) is 6.31. The molecule has 0 spiro atoms. The summed E-state index contributed by atoms with van der Waals surface area (Å²) in [7, 11) is 0. The molecule has 0 bridgehead atoms. The summed E-state index contributed by atoms with van der Waals surface area (Å²) in [5.74, 6) is 1.50. The fraction of sp³-hybridized carbons (Fsp3) is 0.471. The number of aromatic nitrogens is 2. The Kier molecular flexibility index (Phi) is 4.44. The summed E-state index contributed by atoms with van der Waals surface area (Å²) in [4.78, 5) is 24.2. The molecule has 4 heterocycles. The molecule has 4 rings (SSSR count). The van der Waals surface area contributed by atoms with Gasteiger partial charge in [-0.05, 0) is 23.4 Å². The molecule has 0 radical (unpaired) electrons. The highest BCUT2D eigenvalue weighted by atomic mass is 32.1. The maximum atomic E-state index is 12.2. The maximum absolute atomic E-state index is 12.2. The number of carbonyl (C=O) groups is 1. The van der Waals surface area contributed by atoms with E-state index in [0.717, 1.165) is 19.0 Å². The number of hydrogen-bond acceptors (Lipinski definition) is 6. The maximum Gasteiger partial charge on any atom is 0.225 e. The Labute approximate surface area is 144 Å². The van der Waals surface area contributed by atoms with E-state index in [1.165, 1.54) is 4.88 Å². The second-order valence-corrected chi connectivity index (χ2v) is 7.34. The van der Waals surface area contributed by atoms with Crippen molar-refractivity contribution in [2.24, 2.45) is 11.8 Å². The third kappa shape index (κ3) is 3.27. The molecule has 2 saturated heterocycles. The van der Waals surface area contributed by atoms with Crippen LogP contribution < -0.4 is 10.2 Å². The van der Waals surface area contributed by atoms with Gasteiger partial charge in [-0.25, -0.2) is 9.97 Å². The Balaban J connectivity index is 1.32. The van der Waals surface area contributed by atoms with Gasteiger partial charge in [-0.1, -0.05) is 6.07 Å². The van der Waals surface area contributed by atoms with Crippen molar-refractivity contribution in [3.8, 4) is 0 Å². The molecule has 2 aromatic rings. The lowest BCUT2D eigenvalue weighted by Gasteiger charge is -2.19. The standard InChI is InChI=1S/C17H20N4O2S/c22-16(20-8-13-3-1-6-24-13)7-12-11-23-15-10-21(9-14(12)15)17-18-4-2-5-19-17/h1-6,12,14-15H,7-11H2,(H,20,22)/t12-,14+,15+/m0/s1. The number of ether oxygens (including phenoxy) is 1. The number of fused-ring (bicyclic) bond motifs is 1. The van der Waals surface area contributed by atoms with E-state index in [1.807, 2.05) is 23.6 Å². The van der Waals surface area contributed by atoms with E-state index >= 15 is 0 Å². The molecule has 6 nitrogen and oxygen atoms in total. The van der Waals surface area contributed by atoms with Crippen molar-refractivity contribution < 1.29 is 9.53 Å². The summed E-state index contributed by atoms with van der Waals surface area (Å²) in [5.41, 5.74) is 0. The van der Waals surface area contributed by atoms with Crippen molar-refractivity contribution in [1.82, 2.24) is 15.3 Å². The zero-order valence-electron chi connectivity index (χ0n) is 13.3. The molecule has 7 heteroatoms. The van der Waals surface area contributed by atoms with Gasteiger partial charge in [-0.2, -0.15) is 0 Å². The molecule has 2 aliphatic heterocycles. The quantitative estimate of drug-likeness (QED) is 0.894. The predicted octanol–water partition coefficient (Wildman–Crippen LogP) is 1.70. The normalized spacial score (nSPS) is 25.7. The fourth-order valence-electron chi connectivity index (χ4n) is 3.54. The fourth-order valence-corrected chi connectivity index (χ4v) is 4.18. The van der Waals surface area contributed by atoms with Gasteiger partial charge in [0.1, 0.15) is 0 Å². The van der Waals surface area contributed by atoms with Crippen molar-refractivity contribution in [3.05, 3.63) is 40.8 Å². The Bertz CT molecular complexity index is 679. The largest absolute Gasteiger partial charge is 0.376 e. The summed E-state index contributed by atoms with van der Waals surface area (Å²) in [5, 5.41) is 5.04. The van der Waals surface area contributed by atoms with Crippen LogP contribution in [0.4, 0.5) is 5.95 Å². The Morgan fingerprint density at radius 3 is 3.00 bits per heavy atom. The molecular weight excluding hydrogens is 324 g/mol. The van der Waals surface area contributed by atoms with Crippen LogP contribution in [0, 0.1) is 11.8 Å². The zero-order chi connectivity index (χ0) is 16.4. The van der Waals surface area contributed by atoms with Gasteiger partial charge in [0, 0.05) is 42.7 Å². The van der Waals surface area contributed by atoms with Gasteiger partial charge in [0.15, 0.2) is 0 Å². The number of thiophene rings is 1. The van der Waals surface area contributed by atoms with Crippen molar-refractivity contribution in [2.45, 2.75) is 19.1 Å². The van der Waals surface area contributed by atoms with Crippen LogP contribution in [0.1, 0.15) is 11.3 Å². The van der Waals surface area contributed by atoms with Crippen LogP contribution in [0.3, 0.4) is 0 Å². The number of hydrogen-bond donors (Lipinski definition) is 1. The number of amides is 1. The molecule has 2 aromatic heterocycles. The minimum Gasteiger partial charge on any atom is -0.376 e. The van der Waals surface area contributed by atoms with Crippen LogP contribution in [0.5, 0.6) is 0 Å². The number of nitrogens with one attached hydrogen (secondary N) is 1. The monoisotopic (exact) mass is 344 g/mol. The smallest absolute Gasteiger partial charge is 0.225 e. The number of rotatable bonds is 5. The van der Waals surface area contributed by atoms with E-state index in [9.17, 15) is 4.79 Å². The van der Waals surface area contributed by atoms with Crippen molar-refractivity contribution in [2.75, 3.05) is 24.6 Å². The number of carbonyl (C=O) groups excluding carboxylic acids is 1. The summed E-state index contributed by atoms with van der Waals surface area (Å²) in [6.07, 6.45) is 4.22. The molecule has 1 amide bonds. The first-order valence-corrected chi connectivity index (χ1v) is 9.10. The van der Waals surface area contributed by atoms with E-state index < -0.39 is 0 Å². The van der Waals surface area contributed by atoms with Crippen molar-refractivity contribution >= 4 is 23.2 Å². The third-order valence-corrected chi connectivity index (χ3v) is 5.64. The first-order chi connectivity index (χ1) is 11.8. The highest BCUT2D eigenvalue weighted by molar-refractivity contribution is 7.09. The average molecular weight is 344 g/mol. The third-order valence-electron chi connectivity index (χ3n) is 4.76. The molecule has 126 valence electrons. The summed E-state index contributed by atoms with van der Waals surface area (Å²) >= 11 is 1.66. The molecule has 0 saturated carbocycles. The Hall–Kier alpha value is -1.99. The zero-order valence-corrected chi connectivity index (χ0v) is 14.1. The van der Waals surface area contributed by atoms with E-state index in [0.29, 0.717) is 25.5 Å². The minimum atomic E-state index is 0.104. The lowest BCUT2D eigenvalue weighted by Crippen LogP contribution is -2.29. The predicted molar refractivity (Wildman–Crippen MR) is 91.7 cm³/mol. The van der Waals surface area contributed by atoms with Gasteiger partial charge < -0.3 is 15.0 Å². The SMILES string of the molecule is O=C(C[C@H]1CO[C@@H]2CN(c3ncccn3)C[C@H]12)NCc1cccs1. The topological polar surface area (TPSA) is 67.3 Å². The molecule has 0 aliphatic carbocycles. The summed E-state index contributed by atoms with van der Waals surface area (Å²) < 4.78 is 5.92. The van der Waals surface area contributed by atoms with Crippen LogP contribution in [0.15, 0.2) is 36.0 Å². The lowest BCUT2D eigenvalue weighted by atomic mass is 9.90. The average Bonchev–Trinajstić information content (AvgIpc) is 3.32. The van der Waals surface area contributed by atoms with E-state index in [4.69, 9.17) is 4.74 Å². The van der Waals surface area contributed by atoms with Crippen LogP contribution in [0.2, 0.25) is 0 Å². The lowest BCUT2D eigenvalue weighted by molar-refractivity contribution is -0.122. The van der Waals surface area contributed by atoms with Crippen LogP contribution in [0.25, 0.3) is 0 Å². The Morgan fingerprint density at radius 2 is 2.21 bits per heavy atom. The van der Waals surface area contributed by atoms with E-state index in [2.05, 4.69) is 20.2 Å². The summed E-state index contributed by atoms with van der Waals surface area (Å²) in [6, 6.07) is 5.85. The van der Waals surface area contributed by atoms with Gasteiger partial charge >= 0.3 is 0 Å². The first-order valence-electron chi connectivity index (χ1n) is 8.22. The number of anilines is 1. The molecular formula is C17H20N4O2S. The summed E-state index contributed by atoms with van der Waals surface area (Å²) in [6.45, 7) is 2.95. The van der Waals surface area contributed by atoms with Crippen LogP contribution in [-0.4, -0.2) is 41.7 Å². The molecule has 0 aromatic carbocycles. The van der Waals surface area contributed by atoms with E-state index in [-0.39, 0.29) is 17.9 Å². The highest BCUT2D eigenvalue weighted by Gasteiger charge is 2.45. The molecule has 2 aliphatic rings. The van der Waals surface area contributed by atoms with Gasteiger partial charge in [0.25, 0.3) is 0 Å². The van der Waals surface area contributed by atoms with Gasteiger partial charge in [0.05, 0.1) is 19.3 Å². The van der Waals surface area contributed by atoms with Gasteiger partial charge in [-0.3, -0.25) is 4.79 Å². The number of nitrogens with zero attached hydrogens (tertiary/aromatic N) is 3. The molecule has 0 unspecified atom stereocenters. The van der Waals surface area contributed by atoms with Crippen LogP contribution in [-0.2, 0) is 16.1 Å². The minimum absolute atomic E-state index is 0.104. The molecule has 3 atom stereocenters. The van der Waals surface area contributed by atoms with Gasteiger partial charge in [-0.15, -0.1) is 11.3 Å². The van der Waals surface area contributed by atoms with Gasteiger partial charge in [0.2, 0.25) is 11.9 Å². The Morgan fingerprint density at radius 1 is 1.33 bits per heavy atom. The molecule has 2 fully saturated rings. The highest BCUT2D eigenvalue weighted by Crippen LogP contribution is 2.36. The molecule has 1 N–H and O–H groups in total. The van der Waals surface area contributed by atoms with E-state index in [1.54, 1.807) is 23.7 Å². The van der Waals surface area contributed by atoms with Crippen molar-refractivity contribution in [3.63, 3.8) is 0 Å².